The Morgan fingerprint density at radius 1 is 1.09 bits per heavy atom. The first kappa shape index (κ1) is 22.4. The summed E-state index contributed by atoms with van der Waals surface area (Å²) in [5, 5.41) is 7.06. The van der Waals surface area contributed by atoms with Crippen molar-refractivity contribution in [2.75, 3.05) is 17.7 Å². The summed E-state index contributed by atoms with van der Waals surface area (Å²) < 4.78 is 12.6. The average molecular weight is 466 g/mol. The van der Waals surface area contributed by atoms with Gasteiger partial charge in [0.2, 0.25) is 0 Å². The lowest BCUT2D eigenvalue weighted by molar-refractivity contribution is 0.409. The standard InChI is InChI=1S/C28H27N5O2/c1-18-11-20(14-30-13-18)34-25-10-6-9-24(35-21-15-31-17-32-16-21)19(2)12-28(3)26(25)22-7-5-8-23(29-4)27(22)33-28/h5-8,11,13-17,29,33H,2,10,12H2,1,3-4H3. The largest absolute Gasteiger partial charge is 0.459 e. The Bertz CT molecular complexity index is 1390. The van der Waals surface area contributed by atoms with E-state index in [1.54, 1.807) is 18.6 Å². The number of hydrogen-bond donors (Lipinski definition) is 2. The van der Waals surface area contributed by atoms with E-state index in [1.165, 1.54) is 6.33 Å². The van der Waals surface area contributed by atoms with Crippen LogP contribution in [0.3, 0.4) is 0 Å². The minimum absolute atomic E-state index is 0.499. The summed E-state index contributed by atoms with van der Waals surface area (Å²) in [6, 6.07) is 8.22. The van der Waals surface area contributed by atoms with Crippen molar-refractivity contribution in [3.8, 4) is 11.5 Å². The lowest BCUT2D eigenvalue weighted by atomic mass is 9.83. The van der Waals surface area contributed by atoms with Gasteiger partial charge in [-0.3, -0.25) is 4.98 Å². The zero-order valence-corrected chi connectivity index (χ0v) is 20.1. The van der Waals surface area contributed by atoms with E-state index in [0.717, 1.165) is 39.4 Å². The van der Waals surface area contributed by atoms with Crippen molar-refractivity contribution in [2.45, 2.75) is 32.2 Å². The van der Waals surface area contributed by atoms with Gasteiger partial charge >= 0.3 is 0 Å². The number of aryl methyl sites for hydroxylation is 1. The third-order valence-corrected chi connectivity index (χ3v) is 6.09. The Morgan fingerprint density at radius 3 is 2.66 bits per heavy atom. The van der Waals surface area contributed by atoms with Crippen LogP contribution in [0.15, 0.2) is 90.9 Å². The Kier molecular flexibility index (Phi) is 5.85. The van der Waals surface area contributed by atoms with E-state index in [-0.39, 0.29) is 0 Å². The predicted octanol–water partition coefficient (Wildman–Crippen LogP) is 5.66. The Balaban J connectivity index is 1.64. The summed E-state index contributed by atoms with van der Waals surface area (Å²) in [6.45, 7) is 8.52. The molecule has 1 unspecified atom stereocenters. The molecule has 1 aliphatic heterocycles. The van der Waals surface area contributed by atoms with Crippen LogP contribution in [0.25, 0.3) is 5.57 Å². The lowest BCUT2D eigenvalue weighted by Crippen LogP contribution is -2.33. The highest BCUT2D eigenvalue weighted by Gasteiger charge is 2.42. The molecule has 2 N–H and O–H groups in total. The number of anilines is 2. The van der Waals surface area contributed by atoms with Gasteiger partial charge in [-0.2, -0.15) is 0 Å². The maximum atomic E-state index is 6.51. The topological polar surface area (TPSA) is 81.2 Å². The van der Waals surface area contributed by atoms with E-state index in [0.29, 0.717) is 30.1 Å². The number of fused-ring (bicyclic) bond motifs is 3. The zero-order chi connectivity index (χ0) is 24.4. The molecule has 2 aliphatic rings. The monoisotopic (exact) mass is 465 g/mol. The van der Waals surface area contributed by atoms with Crippen molar-refractivity contribution in [3.63, 3.8) is 0 Å². The summed E-state index contributed by atoms with van der Waals surface area (Å²) in [7, 11) is 1.92. The van der Waals surface area contributed by atoms with Crippen LogP contribution in [-0.4, -0.2) is 27.5 Å². The van der Waals surface area contributed by atoms with Crippen molar-refractivity contribution in [2.24, 2.45) is 0 Å². The van der Waals surface area contributed by atoms with Gasteiger partial charge in [-0.05, 0) is 43.2 Å². The second-order valence-corrected chi connectivity index (χ2v) is 8.87. The van der Waals surface area contributed by atoms with E-state index in [4.69, 9.17) is 9.47 Å². The maximum absolute atomic E-state index is 6.51. The highest BCUT2D eigenvalue weighted by molar-refractivity contribution is 5.96. The molecule has 0 amide bonds. The fourth-order valence-corrected chi connectivity index (χ4v) is 4.65. The van der Waals surface area contributed by atoms with Crippen LogP contribution in [0.4, 0.5) is 11.4 Å². The number of nitrogens with zero attached hydrogens (tertiary/aromatic N) is 3. The molecular formula is C28H27N5O2. The minimum Gasteiger partial charge on any atom is -0.459 e. The number of ether oxygens (including phenoxy) is 2. The average Bonchev–Trinajstić information content (AvgIpc) is 3.15. The SMILES string of the molecule is C=C1CC2(C)Nc3c(NC)cccc3C2=C(Oc2cncc(C)c2)CC=C=C1Oc1cncnc1. The lowest BCUT2D eigenvalue weighted by Gasteiger charge is -2.30. The fraction of sp³-hybridized carbons (Fsp3) is 0.214. The van der Waals surface area contributed by atoms with Gasteiger partial charge in [-0.15, -0.1) is 0 Å². The van der Waals surface area contributed by atoms with Crippen LogP contribution in [0, 0.1) is 6.92 Å². The van der Waals surface area contributed by atoms with Gasteiger partial charge in [0, 0.05) is 37.2 Å². The molecule has 7 nitrogen and oxygen atoms in total. The second kappa shape index (κ2) is 9.12. The number of benzene rings is 1. The van der Waals surface area contributed by atoms with Gasteiger partial charge in [0.25, 0.3) is 0 Å². The summed E-state index contributed by atoms with van der Waals surface area (Å²) in [5.41, 5.74) is 8.85. The Morgan fingerprint density at radius 2 is 1.89 bits per heavy atom. The summed E-state index contributed by atoms with van der Waals surface area (Å²) in [6.07, 6.45) is 11.3. The molecule has 2 aromatic heterocycles. The molecule has 5 rings (SSSR count). The van der Waals surface area contributed by atoms with Gasteiger partial charge in [0.1, 0.15) is 17.8 Å². The predicted molar refractivity (Wildman–Crippen MR) is 137 cm³/mol. The number of rotatable bonds is 5. The molecule has 0 spiro atoms. The third kappa shape index (κ3) is 4.42. The number of para-hydroxylation sites is 1. The second-order valence-electron chi connectivity index (χ2n) is 8.87. The molecule has 1 aliphatic carbocycles. The highest BCUT2D eigenvalue weighted by Crippen LogP contribution is 2.50. The highest BCUT2D eigenvalue weighted by atomic mass is 16.5. The number of aromatic nitrogens is 3. The van der Waals surface area contributed by atoms with Gasteiger partial charge < -0.3 is 20.1 Å². The first-order valence-corrected chi connectivity index (χ1v) is 11.5. The van der Waals surface area contributed by atoms with Crippen LogP contribution < -0.4 is 20.1 Å². The van der Waals surface area contributed by atoms with Crippen molar-refractivity contribution in [3.05, 3.63) is 102 Å². The van der Waals surface area contributed by atoms with Crippen molar-refractivity contribution >= 4 is 16.9 Å². The van der Waals surface area contributed by atoms with Gasteiger partial charge in [-0.25, -0.2) is 9.97 Å². The number of allylic oxidation sites excluding steroid dienone is 1. The molecule has 3 aromatic rings. The van der Waals surface area contributed by atoms with E-state index in [1.807, 2.05) is 32.3 Å². The van der Waals surface area contributed by atoms with Crippen molar-refractivity contribution in [1.82, 2.24) is 15.0 Å². The van der Waals surface area contributed by atoms with Crippen LogP contribution in [0.1, 0.15) is 30.9 Å². The summed E-state index contributed by atoms with van der Waals surface area (Å²) >= 11 is 0. The van der Waals surface area contributed by atoms with Gasteiger partial charge in [0.15, 0.2) is 11.5 Å². The quantitative estimate of drug-likeness (QED) is 0.470. The molecular weight excluding hydrogens is 438 g/mol. The number of nitrogens with one attached hydrogen (secondary N) is 2. The molecule has 0 bridgehead atoms. The molecule has 0 saturated heterocycles. The van der Waals surface area contributed by atoms with Crippen LogP contribution in [0.5, 0.6) is 11.5 Å². The zero-order valence-electron chi connectivity index (χ0n) is 20.1. The normalized spacial score (nSPS) is 18.9. The van der Waals surface area contributed by atoms with Crippen LogP contribution >= 0.6 is 0 Å². The van der Waals surface area contributed by atoms with Crippen LogP contribution in [-0.2, 0) is 0 Å². The third-order valence-electron chi connectivity index (χ3n) is 6.09. The Hall–Kier alpha value is -4.35. The van der Waals surface area contributed by atoms with Gasteiger partial charge in [-0.1, -0.05) is 24.4 Å². The van der Waals surface area contributed by atoms with E-state index in [9.17, 15) is 0 Å². The van der Waals surface area contributed by atoms with Crippen LogP contribution in [0.2, 0.25) is 0 Å². The summed E-state index contributed by atoms with van der Waals surface area (Å²) in [5.74, 6) is 2.60. The fourth-order valence-electron chi connectivity index (χ4n) is 4.65. The molecule has 0 radical (unpaired) electrons. The van der Waals surface area contributed by atoms with E-state index in [2.05, 4.69) is 63.0 Å². The molecule has 1 atom stereocenters. The van der Waals surface area contributed by atoms with Gasteiger partial charge in [0.05, 0.1) is 35.5 Å². The maximum Gasteiger partial charge on any atom is 0.172 e. The molecule has 0 fully saturated rings. The Labute approximate surface area is 205 Å². The molecule has 3 heterocycles. The summed E-state index contributed by atoms with van der Waals surface area (Å²) in [4.78, 5) is 12.4. The van der Waals surface area contributed by atoms with Crippen molar-refractivity contribution in [1.29, 1.82) is 0 Å². The van der Waals surface area contributed by atoms with E-state index >= 15 is 0 Å². The molecule has 1 aromatic carbocycles. The number of pyridine rings is 1. The van der Waals surface area contributed by atoms with Crippen molar-refractivity contribution < 1.29 is 9.47 Å². The molecule has 176 valence electrons. The smallest absolute Gasteiger partial charge is 0.172 e. The molecule has 0 saturated carbocycles. The molecule has 35 heavy (non-hydrogen) atoms. The first-order valence-electron chi connectivity index (χ1n) is 11.5. The minimum atomic E-state index is -0.499. The first-order chi connectivity index (χ1) is 17.0. The van der Waals surface area contributed by atoms with E-state index < -0.39 is 5.54 Å². The number of hydrogen-bond acceptors (Lipinski definition) is 7. The molecule has 7 heteroatoms.